The third kappa shape index (κ3) is 4.09. The van der Waals surface area contributed by atoms with E-state index in [2.05, 4.69) is 10.4 Å². The number of hydrogen-bond donors (Lipinski definition) is 1. The highest BCUT2D eigenvalue weighted by Crippen LogP contribution is 2.31. The molecule has 1 aromatic heterocycles. The van der Waals surface area contributed by atoms with Crippen LogP contribution in [0, 0.1) is 6.92 Å². The smallest absolute Gasteiger partial charge is 0.256 e. The number of piperidine rings is 1. The summed E-state index contributed by atoms with van der Waals surface area (Å²) in [5.41, 5.74) is 0.994. The van der Waals surface area contributed by atoms with Crippen molar-refractivity contribution < 1.29 is 13.2 Å². The molecule has 2 aromatic rings. The van der Waals surface area contributed by atoms with Crippen LogP contribution in [-0.2, 0) is 10.0 Å². The van der Waals surface area contributed by atoms with Crippen LogP contribution in [0.15, 0.2) is 35.4 Å². The number of carbonyl (C=O) groups excluding carboxylic acids is 1. The van der Waals surface area contributed by atoms with Gasteiger partial charge in [-0.15, -0.1) is 0 Å². The average Bonchev–Trinajstić information content (AvgIpc) is 3.40. The SMILES string of the molecule is Cc1ccc(C(=O)Nc2ccnn2C2CCCC2)cc1S(=O)(=O)N1CCCCC1. The number of nitrogens with zero attached hydrogens (tertiary/aromatic N) is 3. The van der Waals surface area contributed by atoms with Crippen molar-refractivity contribution >= 4 is 21.7 Å². The van der Waals surface area contributed by atoms with Crippen LogP contribution >= 0.6 is 0 Å². The largest absolute Gasteiger partial charge is 0.307 e. The molecule has 7 nitrogen and oxygen atoms in total. The maximum atomic E-state index is 13.1. The zero-order valence-corrected chi connectivity index (χ0v) is 17.6. The van der Waals surface area contributed by atoms with E-state index in [4.69, 9.17) is 0 Å². The lowest BCUT2D eigenvalue weighted by Crippen LogP contribution is -2.36. The van der Waals surface area contributed by atoms with Gasteiger partial charge in [-0.1, -0.05) is 25.3 Å². The van der Waals surface area contributed by atoms with Crippen LogP contribution in [0.1, 0.15) is 66.9 Å². The number of aromatic nitrogens is 2. The van der Waals surface area contributed by atoms with Gasteiger partial charge in [0.05, 0.1) is 17.1 Å². The van der Waals surface area contributed by atoms with Gasteiger partial charge in [-0.25, -0.2) is 13.1 Å². The second kappa shape index (κ2) is 8.28. The molecule has 1 aromatic carbocycles. The Morgan fingerprint density at radius 2 is 1.79 bits per heavy atom. The zero-order valence-electron chi connectivity index (χ0n) is 16.8. The van der Waals surface area contributed by atoms with E-state index in [1.807, 2.05) is 4.68 Å². The van der Waals surface area contributed by atoms with Gasteiger partial charge in [-0.3, -0.25) is 4.79 Å². The van der Waals surface area contributed by atoms with Crippen molar-refractivity contribution in [3.05, 3.63) is 41.6 Å². The maximum Gasteiger partial charge on any atom is 0.256 e. The Hall–Kier alpha value is -2.19. The minimum atomic E-state index is -3.60. The molecule has 1 aliphatic heterocycles. The van der Waals surface area contributed by atoms with Crippen LogP contribution in [0.2, 0.25) is 0 Å². The molecule has 8 heteroatoms. The summed E-state index contributed by atoms with van der Waals surface area (Å²) < 4.78 is 29.6. The lowest BCUT2D eigenvalue weighted by molar-refractivity contribution is 0.102. The molecule has 0 atom stereocenters. The second-order valence-corrected chi connectivity index (χ2v) is 9.90. The number of aryl methyl sites for hydroxylation is 1. The Morgan fingerprint density at radius 3 is 2.52 bits per heavy atom. The summed E-state index contributed by atoms with van der Waals surface area (Å²) in [6, 6.07) is 6.99. The predicted molar refractivity (Wildman–Crippen MR) is 111 cm³/mol. The first kappa shape index (κ1) is 20.1. The van der Waals surface area contributed by atoms with Crippen LogP contribution in [0.25, 0.3) is 0 Å². The van der Waals surface area contributed by atoms with E-state index in [1.54, 1.807) is 31.3 Å². The Bertz CT molecular complexity index is 987. The molecule has 1 N–H and O–H groups in total. The van der Waals surface area contributed by atoms with Gasteiger partial charge in [0.25, 0.3) is 5.91 Å². The van der Waals surface area contributed by atoms with Crippen molar-refractivity contribution in [1.29, 1.82) is 0 Å². The molecular weight excluding hydrogens is 388 g/mol. The summed E-state index contributed by atoms with van der Waals surface area (Å²) in [5, 5.41) is 7.29. The highest BCUT2D eigenvalue weighted by atomic mass is 32.2. The summed E-state index contributed by atoms with van der Waals surface area (Å²) in [6.07, 6.45) is 8.98. The predicted octanol–water partition coefficient (Wildman–Crippen LogP) is 3.73. The zero-order chi connectivity index (χ0) is 20.4. The normalized spacial score (nSPS) is 18.8. The number of sulfonamides is 1. The maximum absolute atomic E-state index is 13.1. The van der Waals surface area contributed by atoms with E-state index in [9.17, 15) is 13.2 Å². The minimum Gasteiger partial charge on any atom is -0.307 e. The van der Waals surface area contributed by atoms with Crippen molar-refractivity contribution in [3.8, 4) is 0 Å². The van der Waals surface area contributed by atoms with E-state index in [0.717, 1.165) is 32.1 Å². The lowest BCUT2D eigenvalue weighted by atomic mass is 10.1. The number of amides is 1. The monoisotopic (exact) mass is 416 g/mol. The fraction of sp³-hybridized carbons (Fsp3) is 0.524. The summed E-state index contributed by atoms with van der Waals surface area (Å²) in [4.78, 5) is 13.1. The Kier molecular flexibility index (Phi) is 5.74. The highest BCUT2D eigenvalue weighted by Gasteiger charge is 2.28. The third-order valence-corrected chi connectivity index (χ3v) is 8.01. The summed E-state index contributed by atoms with van der Waals surface area (Å²) in [5.74, 6) is 0.336. The van der Waals surface area contributed by atoms with Crippen molar-refractivity contribution in [2.45, 2.75) is 62.8 Å². The van der Waals surface area contributed by atoms with Gasteiger partial charge in [-0.05, 0) is 50.3 Å². The number of benzene rings is 1. The van der Waals surface area contributed by atoms with Crippen LogP contribution in [0.4, 0.5) is 5.82 Å². The Labute approximate surface area is 172 Å². The Morgan fingerprint density at radius 1 is 1.07 bits per heavy atom. The molecule has 4 rings (SSSR count). The molecule has 0 bridgehead atoms. The lowest BCUT2D eigenvalue weighted by Gasteiger charge is -2.26. The summed E-state index contributed by atoms with van der Waals surface area (Å²) in [7, 11) is -3.60. The fourth-order valence-electron chi connectivity index (χ4n) is 4.31. The van der Waals surface area contributed by atoms with Gasteiger partial charge in [0.1, 0.15) is 5.82 Å². The molecule has 1 aliphatic carbocycles. The second-order valence-electron chi connectivity index (χ2n) is 8.00. The standard InChI is InChI=1S/C21H28N4O3S/c1-16-9-10-17(15-19(16)29(27,28)24-13-5-2-6-14-24)21(26)23-20-11-12-22-25(20)18-7-3-4-8-18/h9-12,15,18H,2-8,13-14H2,1H3,(H,23,26). The van der Waals surface area contributed by atoms with Gasteiger partial charge in [0.2, 0.25) is 10.0 Å². The van der Waals surface area contributed by atoms with E-state index < -0.39 is 10.0 Å². The van der Waals surface area contributed by atoms with Gasteiger partial charge in [0, 0.05) is 24.7 Å². The van der Waals surface area contributed by atoms with Crippen LogP contribution in [0.3, 0.4) is 0 Å². The molecule has 2 heterocycles. The van der Waals surface area contributed by atoms with E-state index in [0.29, 0.717) is 36.1 Å². The van der Waals surface area contributed by atoms with E-state index >= 15 is 0 Å². The van der Waals surface area contributed by atoms with Crippen molar-refractivity contribution in [3.63, 3.8) is 0 Å². The first-order valence-corrected chi connectivity index (χ1v) is 11.9. The highest BCUT2D eigenvalue weighted by molar-refractivity contribution is 7.89. The fourth-order valence-corrected chi connectivity index (χ4v) is 6.07. The topological polar surface area (TPSA) is 84.3 Å². The first-order valence-electron chi connectivity index (χ1n) is 10.4. The van der Waals surface area contributed by atoms with Gasteiger partial charge >= 0.3 is 0 Å². The van der Waals surface area contributed by atoms with Gasteiger partial charge in [-0.2, -0.15) is 9.40 Å². The van der Waals surface area contributed by atoms with Crippen LogP contribution in [0.5, 0.6) is 0 Å². The first-order chi connectivity index (χ1) is 14.0. The van der Waals surface area contributed by atoms with Crippen molar-refractivity contribution in [2.75, 3.05) is 18.4 Å². The van der Waals surface area contributed by atoms with Crippen molar-refractivity contribution in [2.24, 2.45) is 0 Å². The minimum absolute atomic E-state index is 0.219. The summed E-state index contributed by atoms with van der Waals surface area (Å²) in [6.45, 7) is 2.85. The molecule has 0 spiro atoms. The Balaban J connectivity index is 1.57. The van der Waals surface area contributed by atoms with Crippen LogP contribution in [-0.4, -0.2) is 41.5 Å². The van der Waals surface area contributed by atoms with Crippen molar-refractivity contribution in [1.82, 2.24) is 14.1 Å². The quantitative estimate of drug-likeness (QED) is 0.805. The number of carbonyl (C=O) groups is 1. The van der Waals surface area contributed by atoms with Crippen LogP contribution < -0.4 is 5.32 Å². The molecule has 0 radical (unpaired) electrons. The number of anilines is 1. The average molecular weight is 417 g/mol. The summed E-state index contributed by atoms with van der Waals surface area (Å²) >= 11 is 0. The van der Waals surface area contributed by atoms with E-state index in [1.165, 1.54) is 23.2 Å². The molecule has 2 fully saturated rings. The number of rotatable bonds is 5. The molecule has 29 heavy (non-hydrogen) atoms. The molecule has 156 valence electrons. The molecule has 2 aliphatic rings. The third-order valence-electron chi connectivity index (χ3n) is 5.97. The number of hydrogen-bond acceptors (Lipinski definition) is 4. The molecular formula is C21H28N4O3S. The number of nitrogens with one attached hydrogen (secondary N) is 1. The molecule has 1 saturated heterocycles. The molecule has 1 amide bonds. The van der Waals surface area contributed by atoms with Gasteiger partial charge < -0.3 is 5.32 Å². The molecule has 1 saturated carbocycles. The van der Waals surface area contributed by atoms with Gasteiger partial charge in [0.15, 0.2) is 0 Å². The molecule has 0 unspecified atom stereocenters. The van der Waals surface area contributed by atoms with E-state index in [-0.39, 0.29) is 10.8 Å².